The Morgan fingerprint density at radius 2 is 2.00 bits per heavy atom. The molecule has 0 radical (unpaired) electrons. The predicted octanol–water partition coefficient (Wildman–Crippen LogP) is 3.43. The van der Waals surface area contributed by atoms with Gasteiger partial charge in [0.15, 0.2) is 22.3 Å². The molecular formula is C13H11F3N2O3S. The molecule has 1 aromatic carbocycles. The van der Waals surface area contributed by atoms with Crippen LogP contribution in [0.5, 0.6) is 11.5 Å². The van der Waals surface area contributed by atoms with Crippen LogP contribution in [-0.4, -0.2) is 25.1 Å². The van der Waals surface area contributed by atoms with E-state index in [0.29, 0.717) is 17.1 Å². The zero-order chi connectivity index (χ0) is 16.3. The highest BCUT2D eigenvalue weighted by atomic mass is 32.1. The van der Waals surface area contributed by atoms with Crippen LogP contribution in [0.2, 0.25) is 0 Å². The molecule has 118 valence electrons. The summed E-state index contributed by atoms with van der Waals surface area (Å²) in [6.07, 6.45) is -4.55. The summed E-state index contributed by atoms with van der Waals surface area (Å²) in [4.78, 5) is 15.5. The number of amides is 1. The number of alkyl halides is 3. The van der Waals surface area contributed by atoms with Crippen molar-refractivity contribution in [3.8, 4) is 11.5 Å². The third kappa shape index (κ3) is 3.30. The number of rotatable bonds is 4. The largest absolute Gasteiger partial charge is 0.493 e. The first-order valence-corrected chi connectivity index (χ1v) is 6.80. The zero-order valence-corrected chi connectivity index (χ0v) is 12.3. The molecular weight excluding hydrogens is 321 g/mol. The van der Waals surface area contributed by atoms with Gasteiger partial charge in [0, 0.05) is 5.38 Å². The Hall–Kier alpha value is -2.29. The average molecular weight is 332 g/mol. The SMILES string of the molecule is COc1cccc(C(=O)Nc2nc(C(F)(F)F)cs2)c1OC. The summed E-state index contributed by atoms with van der Waals surface area (Å²) in [6, 6.07) is 4.63. The molecule has 0 saturated heterocycles. The van der Waals surface area contributed by atoms with E-state index >= 15 is 0 Å². The number of anilines is 1. The summed E-state index contributed by atoms with van der Waals surface area (Å²) < 4.78 is 47.6. The van der Waals surface area contributed by atoms with E-state index in [1.165, 1.54) is 20.3 Å². The molecule has 22 heavy (non-hydrogen) atoms. The number of halogens is 3. The molecule has 0 bridgehead atoms. The number of benzene rings is 1. The second kappa shape index (κ2) is 6.22. The van der Waals surface area contributed by atoms with E-state index in [0.717, 1.165) is 5.38 Å². The molecule has 0 saturated carbocycles. The molecule has 0 unspecified atom stereocenters. The van der Waals surface area contributed by atoms with Gasteiger partial charge in [0.05, 0.1) is 19.8 Å². The van der Waals surface area contributed by atoms with Crippen LogP contribution in [0.25, 0.3) is 0 Å². The highest BCUT2D eigenvalue weighted by Gasteiger charge is 2.34. The molecule has 1 amide bonds. The molecule has 1 heterocycles. The molecule has 1 aromatic heterocycles. The number of nitrogens with one attached hydrogen (secondary N) is 1. The van der Waals surface area contributed by atoms with E-state index in [4.69, 9.17) is 9.47 Å². The van der Waals surface area contributed by atoms with Crippen molar-refractivity contribution >= 4 is 22.4 Å². The molecule has 0 aliphatic heterocycles. The number of hydrogen-bond donors (Lipinski definition) is 1. The van der Waals surface area contributed by atoms with Crippen molar-refractivity contribution in [2.75, 3.05) is 19.5 Å². The Labute approximate surface area is 127 Å². The van der Waals surface area contributed by atoms with Crippen molar-refractivity contribution in [2.24, 2.45) is 0 Å². The maximum Gasteiger partial charge on any atom is 0.434 e. The lowest BCUT2D eigenvalue weighted by atomic mass is 10.1. The van der Waals surface area contributed by atoms with Crippen molar-refractivity contribution in [1.82, 2.24) is 4.98 Å². The highest BCUT2D eigenvalue weighted by Crippen LogP contribution is 2.33. The summed E-state index contributed by atoms with van der Waals surface area (Å²) in [5.74, 6) is -0.112. The first kappa shape index (κ1) is 16.1. The van der Waals surface area contributed by atoms with Crippen molar-refractivity contribution in [3.05, 3.63) is 34.8 Å². The van der Waals surface area contributed by atoms with Gasteiger partial charge in [-0.05, 0) is 12.1 Å². The minimum atomic E-state index is -4.55. The van der Waals surface area contributed by atoms with E-state index in [9.17, 15) is 18.0 Å². The van der Waals surface area contributed by atoms with Crippen LogP contribution < -0.4 is 14.8 Å². The van der Waals surface area contributed by atoms with Crippen LogP contribution in [-0.2, 0) is 6.18 Å². The van der Waals surface area contributed by atoms with Gasteiger partial charge in [0.1, 0.15) is 0 Å². The number of aromatic nitrogens is 1. The van der Waals surface area contributed by atoms with E-state index < -0.39 is 17.8 Å². The lowest BCUT2D eigenvalue weighted by Crippen LogP contribution is -2.14. The summed E-state index contributed by atoms with van der Waals surface area (Å²) in [6.45, 7) is 0. The minimum absolute atomic E-state index is 0.130. The first-order chi connectivity index (χ1) is 10.4. The van der Waals surface area contributed by atoms with Crippen molar-refractivity contribution in [1.29, 1.82) is 0 Å². The second-order valence-electron chi connectivity index (χ2n) is 4.03. The zero-order valence-electron chi connectivity index (χ0n) is 11.5. The predicted molar refractivity (Wildman–Crippen MR) is 74.6 cm³/mol. The number of nitrogens with zero attached hydrogens (tertiary/aromatic N) is 1. The normalized spacial score (nSPS) is 11.1. The topological polar surface area (TPSA) is 60.5 Å². The first-order valence-electron chi connectivity index (χ1n) is 5.92. The number of carbonyl (C=O) groups excluding carboxylic acids is 1. The molecule has 0 atom stereocenters. The lowest BCUT2D eigenvalue weighted by Gasteiger charge is -2.11. The molecule has 9 heteroatoms. The quantitative estimate of drug-likeness (QED) is 0.932. The monoisotopic (exact) mass is 332 g/mol. The Morgan fingerprint density at radius 3 is 2.55 bits per heavy atom. The van der Waals surface area contributed by atoms with Crippen molar-refractivity contribution in [2.45, 2.75) is 6.18 Å². The smallest absolute Gasteiger partial charge is 0.434 e. The molecule has 2 rings (SSSR count). The van der Waals surface area contributed by atoms with Gasteiger partial charge in [-0.15, -0.1) is 11.3 Å². The fourth-order valence-electron chi connectivity index (χ4n) is 1.69. The standard InChI is InChI=1S/C13H11F3N2O3S/c1-20-8-5-3-4-7(10(8)21-2)11(19)18-12-17-9(6-22-12)13(14,15)16/h3-6H,1-2H3,(H,17,18,19). The third-order valence-electron chi connectivity index (χ3n) is 2.66. The lowest BCUT2D eigenvalue weighted by molar-refractivity contribution is -0.140. The maximum atomic E-state index is 12.5. The van der Waals surface area contributed by atoms with Crippen LogP contribution in [0.1, 0.15) is 16.1 Å². The summed E-state index contributed by atoms with van der Waals surface area (Å²) in [5, 5.41) is 2.99. The van der Waals surface area contributed by atoms with Gasteiger partial charge in [-0.2, -0.15) is 13.2 Å². The number of hydrogen-bond acceptors (Lipinski definition) is 5. The molecule has 2 aromatic rings. The van der Waals surface area contributed by atoms with Crippen LogP contribution >= 0.6 is 11.3 Å². The fraction of sp³-hybridized carbons (Fsp3) is 0.231. The number of para-hydroxylation sites is 1. The Morgan fingerprint density at radius 1 is 1.27 bits per heavy atom. The number of ether oxygens (including phenoxy) is 2. The van der Waals surface area contributed by atoms with Crippen LogP contribution in [0.3, 0.4) is 0 Å². The van der Waals surface area contributed by atoms with Gasteiger partial charge in [0.25, 0.3) is 5.91 Å². The molecule has 0 aliphatic rings. The Kier molecular flexibility index (Phi) is 4.55. The van der Waals surface area contributed by atoms with E-state index in [-0.39, 0.29) is 16.4 Å². The molecule has 5 nitrogen and oxygen atoms in total. The van der Waals surface area contributed by atoms with E-state index in [1.54, 1.807) is 12.1 Å². The number of carbonyl (C=O) groups is 1. The molecule has 0 fully saturated rings. The molecule has 0 aliphatic carbocycles. The average Bonchev–Trinajstić information content (AvgIpc) is 2.94. The van der Waals surface area contributed by atoms with Crippen LogP contribution in [0.4, 0.5) is 18.3 Å². The summed E-state index contributed by atoms with van der Waals surface area (Å²) in [7, 11) is 2.77. The third-order valence-corrected chi connectivity index (χ3v) is 3.42. The van der Waals surface area contributed by atoms with Crippen LogP contribution in [0, 0.1) is 0 Å². The minimum Gasteiger partial charge on any atom is -0.493 e. The van der Waals surface area contributed by atoms with Crippen molar-refractivity contribution < 1.29 is 27.4 Å². The summed E-state index contributed by atoms with van der Waals surface area (Å²) in [5.41, 5.74) is -0.920. The maximum absolute atomic E-state index is 12.5. The van der Waals surface area contributed by atoms with E-state index in [2.05, 4.69) is 10.3 Å². The molecule has 0 spiro atoms. The Bertz CT molecular complexity index is 685. The van der Waals surface area contributed by atoms with Gasteiger partial charge >= 0.3 is 6.18 Å². The fourth-order valence-corrected chi connectivity index (χ4v) is 2.40. The summed E-state index contributed by atoms with van der Waals surface area (Å²) >= 11 is 0.688. The van der Waals surface area contributed by atoms with Gasteiger partial charge in [-0.3, -0.25) is 10.1 Å². The van der Waals surface area contributed by atoms with Gasteiger partial charge < -0.3 is 9.47 Å². The highest BCUT2D eigenvalue weighted by molar-refractivity contribution is 7.14. The molecule has 1 N–H and O–H groups in total. The van der Waals surface area contributed by atoms with Crippen molar-refractivity contribution in [3.63, 3.8) is 0 Å². The van der Waals surface area contributed by atoms with Gasteiger partial charge in [-0.25, -0.2) is 4.98 Å². The van der Waals surface area contributed by atoms with Gasteiger partial charge in [0.2, 0.25) is 0 Å². The number of methoxy groups -OCH3 is 2. The van der Waals surface area contributed by atoms with Gasteiger partial charge in [-0.1, -0.05) is 6.07 Å². The second-order valence-corrected chi connectivity index (χ2v) is 4.89. The Balaban J connectivity index is 2.25. The number of thiazole rings is 1. The van der Waals surface area contributed by atoms with E-state index in [1.807, 2.05) is 0 Å². The van der Waals surface area contributed by atoms with Crippen LogP contribution in [0.15, 0.2) is 23.6 Å².